The van der Waals surface area contributed by atoms with Gasteiger partial charge in [-0.05, 0) is 87.7 Å². The van der Waals surface area contributed by atoms with E-state index in [1.165, 1.54) is 87.7 Å². The van der Waals surface area contributed by atoms with Gasteiger partial charge in [0.1, 0.15) is 0 Å². The molecule has 0 bridgehead atoms. The number of benzene rings is 9. The Labute approximate surface area is 341 Å². The van der Waals surface area contributed by atoms with Gasteiger partial charge < -0.3 is 0 Å². The van der Waals surface area contributed by atoms with E-state index in [9.17, 15) is 0 Å². The number of hydrogen-bond acceptors (Lipinski definition) is 0. The minimum Gasteiger partial charge on any atom is -0.0622 e. The summed E-state index contributed by atoms with van der Waals surface area (Å²) in [5, 5.41) is 4.73. The standard InChI is InChI=1S/C58H42/c1-7-19-43(20-8-1)55(44-21-9-2-10-22-44)49-31-35-51(36-32-49)57(47-27-15-5-16-28-47)53-39-41-54(42-40-53)58(48-29-17-6-18-30-48)52-37-33-50(34-38-52)56(45-23-11-3-12-24-45)46-25-13-4-14-26-46/h1-42H. The van der Waals surface area contributed by atoms with Crippen molar-refractivity contribution < 1.29 is 0 Å². The van der Waals surface area contributed by atoms with Gasteiger partial charge in [0.2, 0.25) is 0 Å². The Kier molecular flexibility index (Phi) is 10.6. The molecule has 0 aliphatic carbocycles. The van der Waals surface area contributed by atoms with Gasteiger partial charge in [-0.1, -0.05) is 255 Å². The van der Waals surface area contributed by atoms with E-state index in [4.69, 9.17) is 0 Å². The summed E-state index contributed by atoms with van der Waals surface area (Å²) in [7, 11) is 0. The summed E-state index contributed by atoms with van der Waals surface area (Å²) in [5.41, 5.74) is 14.4. The molecule has 0 fully saturated rings. The molecule has 0 saturated carbocycles. The van der Waals surface area contributed by atoms with Gasteiger partial charge >= 0.3 is 0 Å². The molecule has 0 aliphatic rings. The van der Waals surface area contributed by atoms with Crippen molar-refractivity contribution in [3.63, 3.8) is 0 Å². The van der Waals surface area contributed by atoms with E-state index in [0.29, 0.717) is 0 Å². The van der Waals surface area contributed by atoms with E-state index in [0.717, 1.165) is 0 Å². The highest BCUT2D eigenvalue weighted by molar-refractivity contribution is 5.84. The second-order valence-electron chi connectivity index (χ2n) is 14.4. The molecule has 0 saturated heterocycles. The second kappa shape index (κ2) is 17.1. The van der Waals surface area contributed by atoms with E-state index < -0.39 is 0 Å². The quantitative estimate of drug-likeness (QED) is 0.146. The van der Waals surface area contributed by atoms with E-state index in [1.807, 2.05) is 0 Å². The van der Waals surface area contributed by atoms with Crippen molar-refractivity contribution in [3.05, 3.63) is 320 Å². The van der Waals surface area contributed by atoms with Gasteiger partial charge in [-0.2, -0.15) is 0 Å². The van der Waals surface area contributed by atoms with Gasteiger partial charge in [0.05, 0.1) is 0 Å². The van der Waals surface area contributed by atoms with Crippen LogP contribution in [0.15, 0.2) is 255 Å². The van der Waals surface area contributed by atoms with Gasteiger partial charge in [-0.15, -0.1) is 0 Å². The van der Waals surface area contributed by atoms with Gasteiger partial charge in [0, 0.05) is 0 Å². The van der Waals surface area contributed by atoms with Crippen molar-refractivity contribution in [1.82, 2.24) is 0 Å². The van der Waals surface area contributed by atoms with Gasteiger partial charge in [-0.3, -0.25) is 0 Å². The molecular formula is C58H42. The summed E-state index contributed by atoms with van der Waals surface area (Å²) < 4.78 is 0. The van der Waals surface area contributed by atoms with Crippen LogP contribution in [0.25, 0.3) is 22.3 Å². The third kappa shape index (κ3) is 7.78. The molecule has 0 radical (unpaired) electrons. The Morgan fingerprint density at radius 2 is 0.276 bits per heavy atom. The van der Waals surface area contributed by atoms with Crippen molar-refractivity contribution in [2.24, 2.45) is 0 Å². The van der Waals surface area contributed by atoms with Crippen molar-refractivity contribution in [2.75, 3.05) is 0 Å². The summed E-state index contributed by atoms with van der Waals surface area (Å²) >= 11 is 0. The van der Waals surface area contributed by atoms with Crippen LogP contribution in [0, 0.1) is 0 Å². The average Bonchev–Trinajstić information content (AvgIpc) is 3.30. The third-order valence-corrected chi connectivity index (χ3v) is 10.8. The monoisotopic (exact) mass is 738 g/mol. The molecule has 9 aromatic rings. The summed E-state index contributed by atoms with van der Waals surface area (Å²) in [6, 6.07) is 91.5. The first kappa shape index (κ1) is 36.1. The van der Waals surface area contributed by atoms with Crippen LogP contribution >= 0.6 is 0 Å². The van der Waals surface area contributed by atoms with Crippen molar-refractivity contribution in [3.8, 4) is 0 Å². The Morgan fingerprint density at radius 3 is 0.431 bits per heavy atom. The smallest absolute Gasteiger partial charge is 0.00389 e. The minimum absolute atomic E-state index is 1.17. The van der Waals surface area contributed by atoms with Crippen LogP contribution in [0.2, 0.25) is 0 Å². The van der Waals surface area contributed by atoms with Crippen LogP contribution in [0.3, 0.4) is 0 Å². The zero-order valence-electron chi connectivity index (χ0n) is 32.2. The second-order valence-corrected chi connectivity index (χ2v) is 14.4. The molecule has 274 valence electrons. The molecule has 0 nitrogen and oxygen atoms in total. The maximum atomic E-state index is 2.28. The predicted molar refractivity (Wildman–Crippen MR) is 243 cm³/mol. The molecule has 0 aromatic heterocycles. The highest BCUT2D eigenvalue weighted by atomic mass is 14.2. The summed E-state index contributed by atoms with van der Waals surface area (Å²) in [5.74, 6) is 0. The van der Waals surface area contributed by atoms with Gasteiger partial charge in [0.25, 0.3) is 0 Å². The predicted octanol–water partition coefficient (Wildman–Crippen LogP) is 10.7. The summed E-state index contributed by atoms with van der Waals surface area (Å²) in [4.78, 5) is 0. The van der Waals surface area contributed by atoms with Crippen LogP contribution in [0.5, 0.6) is 0 Å². The molecule has 0 spiro atoms. The normalized spacial score (nSPS) is 10.8. The molecule has 58 heavy (non-hydrogen) atoms. The Morgan fingerprint density at radius 1 is 0.138 bits per heavy atom. The number of hydrogen-bond donors (Lipinski definition) is 0. The molecule has 9 aromatic carbocycles. The Hall–Kier alpha value is -7.54. The fourth-order valence-corrected chi connectivity index (χ4v) is 8.04. The van der Waals surface area contributed by atoms with E-state index in [2.05, 4.69) is 255 Å². The summed E-state index contributed by atoms with van der Waals surface area (Å²) in [6.07, 6.45) is 0. The SMILES string of the molecule is c1ccc(C(c2ccccc2)=c2ccc(=C(c3ccccc3)c3ccc(C(c4ccccc4)=c4ccc(=C(c5ccccc5)c5ccccc5)cc4)cc3)cc2)cc1. The zero-order valence-corrected chi connectivity index (χ0v) is 32.2. The fourth-order valence-electron chi connectivity index (χ4n) is 8.04. The van der Waals surface area contributed by atoms with Crippen molar-refractivity contribution in [1.29, 1.82) is 0 Å². The first-order valence-electron chi connectivity index (χ1n) is 19.9. The Bertz CT molecular complexity index is 2680. The maximum absolute atomic E-state index is 2.28. The minimum atomic E-state index is 1.17. The van der Waals surface area contributed by atoms with Crippen molar-refractivity contribution in [2.45, 2.75) is 0 Å². The van der Waals surface area contributed by atoms with E-state index in [-0.39, 0.29) is 0 Å². The van der Waals surface area contributed by atoms with Crippen LogP contribution in [-0.4, -0.2) is 0 Å². The van der Waals surface area contributed by atoms with E-state index in [1.54, 1.807) is 0 Å². The molecule has 9 rings (SSSR count). The van der Waals surface area contributed by atoms with Gasteiger partial charge in [-0.25, -0.2) is 0 Å². The Balaban J connectivity index is 1.19. The van der Waals surface area contributed by atoms with Crippen LogP contribution in [0.4, 0.5) is 0 Å². The van der Waals surface area contributed by atoms with Gasteiger partial charge in [0.15, 0.2) is 0 Å². The molecule has 0 N–H and O–H groups in total. The lowest BCUT2D eigenvalue weighted by atomic mass is 9.90. The first-order valence-corrected chi connectivity index (χ1v) is 19.9. The molecule has 0 unspecified atom stereocenters. The number of rotatable bonds is 8. The third-order valence-electron chi connectivity index (χ3n) is 10.8. The highest BCUT2D eigenvalue weighted by Crippen LogP contribution is 2.27. The van der Waals surface area contributed by atoms with E-state index >= 15 is 0 Å². The maximum Gasteiger partial charge on any atom is -0.00389 e. The lowest BCUT2D eigenvalue weighted by molar-refractivity contribution is 1.42. The van der Waals surface area contributed by atoms with Crippen LogP contribution in [0.1, 0.15) is 44.5 Å². The van der Waals surface area contributed by atoms with Crippen LogP contribution in [-0.2, 0) is 0 Å². The molecule has 0 heterocycles. The van der Waals surface area contributed by atoms with Crippen LogP contribution < -0.4 is 20.9 Å². The van der Waals surface area contributed by atoms with Crippen molar-refractivity contribution >= 4 is 22.3 Å². The lowest BCUT2D eigenvalue weighted by Crippen LogP contribution is -2.15. The molecule has 0 atom stereocenters. The average molecular weight is 739 g/mol. The topological polar surface area (TPSA) is 0 Å². The highest BCUT2D eigenvalue weighted by Gasteiger charge is 2.12. The largest absolute Gasteiger partial charge is 0.0622 e. The molecule has 0 aliphatic heterocycles. The molecular weight excluding hydrogens is 697 g/mol. The molecule has 0 heteroatoms. The summed E-state index contributed by atoms with van der Waals surface area (Å²) in [6.45, 7) is 0. The first-order chi connectivity index (χ1) is 28.8. The fraction of sp³-hybridized carbons (Fsp3) is 0. The lowest BCUT2D eigenvalue weighted by Gasteiger charge is -2.13. The zero-order chi connectivity index (χ0) is 38.9. The molecule has 0 amide bonds.